The van der Waals surface area contributed by atoms with Crippen molar-refractivity contribution >= 4 is 22.6 Å². The van der Waals surface area contributed by atoms with E-state index < -0.39 is 6.10 Å². The van der Waals surface area contributed by atoms with Gasteiger partial charge in [0.15, 0.2) is 0 Å². The number of urea groups is 1. The maximum atomic E-state index is 12.3. The topological polar surface area (TPSA) is 115 Å². The molecule has 0 aliphatic heterocycles. The first kappa shape index (κ1) is 29.6. The van der Waals surface area contributed by atoms with Crippen LogP contribution in [0.5, 0.6) is 5.75 Å². The molecule has 8 nitrogen and oxygen atoms in total. The summed E-state index contributed by atoms with van der Waals surface area (Å²) in [6.45, 7) is 1.89. The van der Waals surface area contributed by atoms with Crippen molar-refractivity contribution in [3.8, 4) is 5.75 Å². The minimum Gasteiger partial charge on any atom is -0.487 e. The minimum absolute atomic E-state index is 0.233. The lowest BCUT2D eigenvalue weighted by Gasteiger charge is -2.17. The lowest BCUT2D eigenvalue weighted by molar-refractivity contribution is 0.176. The molecule has 43 heavy (non-hydrogen) atoms. The van der Waals surface area contributed by atoms with E-state index >= 15 is 0 Å². The molecule has 8 heteroatoms. The molecule has 4 aromatic carbocycles. The number of aliphatic hydroxyl groups is 1. The number of benzene rings is 4. The molecule has 0 saturated carbocycles. The highest BCUT2D eigenvalue weighted by atomic mass is 16.5. The molecule has 1 heterocycles. The van der Waals surface area contributed by atoms with Crippen LogP contribution in [0.4, 0.5) is 10.5 Å². The summed E-state index contributed by atoms with van der Waals surface area (Å²) in [5.74, 6) is 0.554. The van der Waals surface area contributed by atoms with Crippen LogP contribution in [0, 0.1) is 0 Å². The molecule has 220 valence electrons. The highest BCUT2D eigenvalue weighted by Gasteiger charge is 2.15. The number of hydrogen-bond acceptors (Lipinski definition) is 5. The number of aromatic nitrogens is 1. The molecular formula is C35H36N4O4. The van der Waals surface area contributed by atoms with E-state index in [1.165, 1.54) is 11.6 Å². The first-order valence-corrected chi connectivity index (χ1v) is 14.4. The molecule has 0 saturated heterocycles. The predicted molar refractivity (Wildman–Crippen MR) is 170 cm³/mol. The largest absolute Gasteiger partial charge is 0.487 e. The van der Waals surface area contributed by atoms with Crippen LogP contribution in [0.1, 0.15) is 28.4 Å². The molecule has 0 aliphatic carbocycles. The number of ether oxygens (including phenoxy) is 1. The van der Waals surface area contributed by atoms with Crippen molar-refractivity contribution < 1.29 is 14.6 Å². The van der Waals surface area contributed by atoms with Crippen molar-refractivity contribution in [2.45, 2.75) is 25.6 Å². The molecular weight excluding hydrogens is 540 g/mol. The van der Waals surface area contributed by atoms with Crippen LogP contribution in [0.3, 0.4) is 0 Å². The zero-order chi connectivity index (χ0) is 29.9. The Bertz CT molecular complexity index is 1690. The maximum absolute atomic E-state index is 12.3. The number of aromatic amines is 1. The Morgan fingerprint density at radius 2 is 1.51 bits per heavy atom. The number of carbonyl (C=O) groups excluding carboxylic acids is 1. The smallest absolute Gasteiger partial charge is 0.319 e. The standard InChI is InChI=1S/C35H36N4O4/c40-31(29-14-16-32(34-30(29)15-17-33(41)39-34)43-24-27-10-5-2-6-11-27)23-36-20-18-26-12-7-13-28(22-26)38-35(42)37-21-19-25-8-3-1-4-9-25/h1-17,22,31,36,40H,18-21,23-24H2,(H,39,41)(H2,37,38,42). The number of amides is 2. The van der Waals surface area contributed by atoms with Crippen LogP contribution in [0.25, 0.3) is 10.9 Å². The number of nitrogens with one attached hydrogen (secondary N) is 4. The SMILES string of the molecule is O=C(NCCc1ccccc1)Nc1cccc(CCNCC(O)c2ccc(OCc3ccccc3)c3[nH]c(=O)ccc23)c1. The molecule has 5 aromatic rings. The second-order valence-electron chi connectivity index (χ2n) is 10.3. The Balaban J connectivity index is 1.11. The number of anilines is 1. The molecule has 2 amide bonds. The third-order valence-electron chi connectivity index (χ3n) is 7.14. The van der Waals surface area contributed by atoms with Gasteiger partial charge in [0.05, 0.1) is 11.6 Å². The van der Waals surface area contributed by atoms with Crippen molar-refractivity contribution in [2.75, 3.05) is 25.0 Å². The normalized spacial score (nSPS) is 11.7. The van der Waals surface area contributed by atoms with Gasteiger partial charge >= 0.3 is 6.03 Å². The van der Waals surface area contributed by atoms with E-state index in [9.17, 15) is 14.7 Å². The van der Waals surface area contributed by atoms with Gasteiger partial charge < -0.3 is 30.8 Å². The van der Waals surface area contributed by atoms with E-state index in [0.717, 1.165) is 35.0 Å². The fourth-order valence-electron chi connectivity index (χ4n) is 4.92. The highest BCUT2D eigenvalue weighted by Crippen LogP contribution is 2.30. The zero-order valence-electron chi connectivity index (χ0n) is 23.9. The number of pyridine rings is 1. The van der Waals surface area contributed by atoms with Crippen LogP contribution >= 0.6 is 0 Å². The van der Waals surface area contributed by atoms with Crippen LogP contribution < -0.4 is 26.2 Å². The van der Waals surface area contributed by atoms with Gasteiger partial charge in [-0.25, -0.2) is 4.79 Å². The monoisotopic (exact) mass is 576 g/mol. The molecule has 1 atom stereocenters. The molecule has 0 radical (unpaired) electrons. The van der Waals surface area contributed by atoms with Crippen LogP contribution in [-0.4, -0.2) is 35.8 Å². The summed E-state index contributed by atoms with van der Waals surface area (Å²) >= 11 is 0. The Labute approximate surface area is 250 Å². The Hall–Kier alpha value is -4.92. The average Bonchev–Trinajstić information content (AvgIpc) is 3.03. The molecule has 5 N–H and O–H groups in total. The quantitative estimate of drug-likeness (QED) is 0.121. The maximum Gasteiger partial charge on any atom is 0.319 e. The van der Waals surface area contributed by atoms with Crippen molar-refractivity contribution in [2.24, 2.45) is 0 Å². The van der Waals surface area contributed by atoms with Gasteiger partial charge in [0.1, 0.15) is 12.4 Å². The molecule has 0 aliphatic rings. The Kier molecular flexibility index (Phi) is 10.2. The third-order valence-corrected chi connectivity index (χ3v) is 7.14. The van der Waals surface area contributed by atoms with Gasteiger partial charge in [-0.3, -0.25) is 4.79 Å². The summed E-state index contributed by atoms with van der Waals surface area (Å²) in [5.41, 5.74) is 5.02. The van der Waals surface area contributed by atoms with Crippen molar-refractivity contribution in [1.82, 2.24) is 15.6 Å². The van der Waals surface area contributed by atoms with Crippen molar-refractivity contribution in [3.63, 3.8) is 0 Å². The summed E-state index contributed by atoms with van der Waals surface area (Å²) in [6.07, 6.45) is 0.702. The van der Waals surface area contributed by atoms with Gasteiger partial charge in [-0.2, -0.15) is 0 Å². The first-order valence-electron chi connectivity index (χ1n) is 14.4. The Morgan fingerprint density at radius 3 is 2.30 bits per heavy atom. The fourth-order valence-corrected chi connectivity index (χ4v) is 4.92. The number of H-pyrrole nitrogens is 1. The van der Waals surface area contributed by atoms with Crippen molar-refractivity contribution in [1.29, 1.82) is 0 Å². The molecule has 0 spiro atoms. The van der Waals surface area contributed by atoms with Crippen LogP contribution in [0.2, 0.25) is 0 Å². The summed E-state index contributed by atoms with van der Waals surface area (Å²) in [5, 5.41) is 20.9. The van der Waals surface area contributed by atoms with E-state index in [2.05, 4.69) is 20.9 Å². The van der Waals surface area contributed by atoms with Gasteiger partial charge in [-0.1, -0.05) is 78.9 Å². The third kappa shape index (κ3) is 8.54. The molecule has 0 bridgehead atoms. The lowest BCUT2D eigenvalue weighted by Crippen LogP contribution is -2.30. The molecule has 0 fully saturated rings. The van der Waals surface area contributed by atoms with E-state index in [4.69, 9.17) is 4.74 Å². The molecule has 1 unspecified atom stereocenters. The Morgan fingerprint density at radius 1 is 0.791 bits per heavy atom. The van der Waals surface area contributed by atoms with Crippen molar-refractivity contribution in [3.05, 3.63) is 142 Å². The lowest BCUT2D eigenvalue weighted by atomic mass is 10.0. The van der Waals surface area contributed by atoms with Gasteiger partial charge in [0.2, 0.25) is 5.56 Å². The number of aliphatic hydroxyl groups excluding tert-OH is 1. The number of carbonyl (C=O) groups is 1. The average molecular weight is 577 g/mol. The fraction of sp³-hybridized carbons (Fsp3) is 0.200. The second kappa shape index (κ2) is 14.8. The summed E-state index contributed by atoms with van der Waals surface area (Å²) in [7, 11) is 0. The molecule has 1 aromatic heterocycles. The second-order valence-corrected chi connectivity index (χ2v) is 10.3. The van der Waals surface area contributed by atoms with Gasteiger partial charge in [-0.15, -0.1) is 0 Å². The summed E-state index contributed by atoms with van der Waals surface area (Å²) in [6, 6.07) is 34.1. The van der Waals surface area contributed by atoms with Gasteiger partial charge in [0, 0.05) is 30.2 Å². The molecule has 5 rings (SSSR count). The number of rotatable bonds is 13. The van der Waals surface area contributed by atoms with Crippen LogP contribution in [0.15, 0.2) is 114 Å². The summed E-state index contributed by atoms with van der Waals surface area (Å²) in [4.78, 5) is 27.3. The van der Waals surface area contributed by atoms with Crippen LogP contribution in [-0.2, 0) is 19.4 Å². The predicted octanol–water partition coefficient (Wildman–Crippen LogP) is 5.34. The number of hydrogen-bond donors (Lipinski definition) is 5. The van der Waals surface area contributed by atoms with E-state index in [1.807, 2.05) is 91.0 Å². The zero-order valence-corrected chi connectivity index (χ0v) is 23.9. The summed E-state index contributed by atoms with van der Waals surface area (Å²) < 4.78 is 6.02. The van der Waals surface area contributed by atoms with Gasteiger partial charge in [0.25, 0.3) is 0 Å². The first-order chi connectivity index (χ1) is 21.0. The van der Waals surface area contributed by atoms with E-state index in [0.29, 0.717) is 43.1 Å². The van der Waals surface area contributed by atoms with E-state index in [-0.39, 0.29) is 11.6 Å². The number of fused-ring (bicyclic) bond motifs is 1. The van der Waals surface area contributed by atoms with E-state index in [1.54, 1.807) is 12.1 Å². The minimum atomic E-state index is -0.788. The van der Waals surface area contributed by atoms with Gasteiger partial charge in [-0.05, 0) is 65.9 Å². The highest BCUT2D eigenvalue weighted by molar-refractivity contribution is 5.89.